The summed E-state index contributed by atoms with van der Waals surface area (Å²) in [5.74, 6) is 1.06. The third kappa shape index (κ3) is 5.39. The first-order chi connectivity index (χ1) is 8.95. The summed E-state index contributed by atoms with van der Waals surface area (Å²) in [6.45, 7) is 8.88. The van der Waals surface area contributed by atoms with Gasteiger partial charge in [0.25, 0.3) is 5.91 Å². The van der Waals surface area contributed by atoms with Crippen molar-refractivity contribution < 1.29 is 9.53 Å². The van der Waals surface area contributed by atoms with Crippen molar-refractivity contribution in [2.75, 3.05) is 13.1 Å². The average Bonchev–Trinajstić information content (AvgIpc) is 2.38. The van der Waals surface area contributed by atoms with Crippen molar-refractivity contribution in [3.63, 3.8) is 0 Å². The quantitative estimate of drug-likeness (QED) is 0.848. The number of carbonyl (C=O) groups is 1. The fourth-order valence-corrected chi connectivity index (χ4v) is 1.69. The second kappa shape index (κ2) is 8.82. The molecule has 1 rings (SSSR count). The van der Waals surface area contributed by atoms with Crippen LogP contribution in [0.5, 0.6) is 5.75 Å². The number of halogens is 1. The molecular weight excluding hydrogens is 276 g/mol. The van der Waals surface area contributed by atoms with Gasteiger partial charge in [0.2, 0.25) is 0 Å². The van der Waals surface area contributed by atoms with E-state index in [0.717, 1.165) is 11.3 Å². The first-order valence-corrected chi connectivity index (χ1v) is 6.70. The van der Waals surface area contributed by atoms with Gasteiger partial charge >= 0.3 is 0 Å². The Morgan fingerprint density at radius 3 is 2.55 bits per heavy atom. The van der Waals surface area contributed by atoms with Gasteiger partial charge in [-0.05, 0) is 37.0 Å². The Balaban J connectivity index is 0.00000361. The number of amides is 1. The van der Waals surface area contributed by atoms with Gasteiger partial charge in [-0.3, -0.25) is 4.79 Å². The largest absolute Gasteiger partial charge is 0.481 e. The van der Waals surface area contributed by atoms with Crippen LogP contribution >= 0.6 is 12.4 Å². The van der Waals surface area contributed by atoms with E-state index in [1.54, 1.807) is 6.92 Å². The lowest BCUT2D eigenvalue weighted by Gasteiger charge is -2.17. The van der Waals surface area contributed by atoms with Crippen molar-refractivity contribution in [3.8, 4) is 5.75 Å². The number of rotatable bonds is 6. The molecule has 5 heteroatoms. The topological polar surface area (TPSA) is 64.3 Å². The predicted octanol–water partition coefficient (Wildman–Crippen LogP) is 2.38. The summed E-state index contributed by atoms with van der Waals surface area (Å²) in [7, 11) is 0. The van der Waals surface area contributed by atoms with Crippen molar-refractivity contribution >= 4 is 18.3 Å². The number of carbonyl (C=O) groups excluding carboxylic acids is 1. The molecule has 0 aliphatic heterocycles. The highest BCUT2D eigenvalue weighted by atomic mass is 35.5. The van der Waals surface area contributed by atoms with E-state index < -0.39 is 6.10 Å². The molecule has 0 radical (unpaired) electrons. The molecule has 1 aromatic carbocycles. The minimum absolute atomic E-state index is 0. The Morgan fingerprint density at radius 2 is 2.00 bits per heavy atom. The summed E-state index contributed by atoms with van der Waals surface area (Å²) >= 11 is 0. The van der Waals surface area contributed by atoms with E-state index >= 15 is 0 Å². The van der Waals surface area contributed by atoms with Gasteiger partial charge in [-0.25, -0.2) is 0 Å². The lowest BCUT2D eigenvalue weighted by molar-refractivity contribution is -0.127. The highest BCUT2D eigenvalue weighted by molar-refractivity contribution is 5.85. The summed E-state index contributed by atoms with van der Waals surface area (Å²) in [4.78, 5) is 11.7. The molecule has 0 aliphatic carbocycles. The van der Waals surface area contributed by atoms with E-state index in [4.69, 9.17) is 10.5 Å². The van der Waals surface area contributed by atoms with E-state index in [2.05, 4.69) is 25.2 Å². The van der Waals surface area contributed by atoms with Crippen LogP contribution < -0.4 is 15.8 Å². The maximum atomic E-state index is 11.7. The lowest BCUT2D eigenvalue weighted by atomic mass is 10.0. The molecule has 0 bridgehead atoms. The number of hydrogen-bond donors (Lipinski definition) is 2. The van der Waals surface area contributed by atoms with E-state index in [9.17, 15) is 4.79 Å². The zero-order valence-electron chi connectivity index (χ0n) is 12.6. The molecule has 0 fully saturated rings. The normalized spacial score (nSPS) is 11.7. The summed E-state index contributed by atoms with van der Waals surface area (Å²) in [5, 5.41) is 2.72. The first-order valence-electron chi connectivity index (χ1n) is 6.70. The van der Waals surface area contributed by atoms with Gasteiger partial charge < -0.3 is 15.8 Å². The molecular formula is C15H25ClN2O2. The maximum absolute atomic E-state index is 11.7. The molecule has 0 aromatic heterocycles. The molecule has 114 valence electrons. The third-order valence-electron chi connectivity index (χ3n) is 3.00. The van der Waals surface area contributed by atoms with Gasteiger partial charge in [-0.15, -0.1) is 12.4 Å². The second-order valence-corrected chi connectivity index (χ2v) is 5.02. The maximum Gasteiger partial charge on any atom is 0.260 e. The molecule has 1 unspecified atom stereocenters. The molecule has 0 spiro atoms. The van der Waals surface area contributed by atoms with Gasteiger partial charge in [-0.1, -0.05) is 26.0 Å². The Labute approximate surface area is 127 Å². The smallest absolute Gasteiger partial charge is 0.260 e. The summed E-state index contributed by atoms with van der Waals surface area (Å²) < 4.78 is 5.74. The Bertz CT molecular complexity index is 436. The number of benzene rings is 1. The molecule has 0 saturated carbocycles. The highest BCUT2D eigenvalue weighted by Gasteiger charge is 2.15. The van der Waals surface area contributed by atoms with Crippen molar-refractivity contribution in [2.45, 2.75) is 39.7 Å². The molecule has 0 heterocycles. The van der Waals surface area contributed by atoms with Gasteiger partial charge in [0.15, 0.2) is 6.10 Å². The summed E-state index contributed by atoms with van der Waals surface area (Å²) in [5.41, 5.74) is 7.59. The summed E-state index contributed by atoms with van der Waals surface area (Å²) in [6, 6.07) is 6.12. The zero-order valence-corrected chi connectivity index (χ0v) is 13.4. The molecule has 0 aliphatic rings. The molecule has 20 heavy (non-hydrogen) atoms. The van der Waals surface area contributed by atoms with Crippen LogP contribution in [0.15, 0.2) is 18.2 Å². The fraction of sp³-hybridized carbons (Fsp3) is 0.533. The number of nitrogens with two attached hydrogens (primary N) is 1. The molecule has 1 atom stereocenters. The molecule has 4 nitrogen and oxygen atoms in total. The van der Waals surface area contributed by atoms with Crippen LogP contribution in [0.4, 0.5) is 0 Å². The van der Waals surface area contributed by atoms with Gasteiger partial charge in [0.1, 0.15) is 5.75 Å². The van der Waals surface area contributed by atoms with Crippen LogP contribution in [-0.4, -0.2) is 25.1 Å². The molecule has 3 N–H and O–H groups in total. The number of aryl methyl sites for hydroxylation is 1. The minimum Gasteiger partial charge on any atom is -0.481 e. The van der Waals surface area contributed by atoms with Crippen LogP contribution in [0.2, 0.25) is 0 Å². The molecule has 1 aromatic rings. The molecule has 0 saturated heterocycles. The number of nitrogens with one attached hydrogen (secondary N) is 1. The van der Waals surface area contributed by atoms with Gasteiger partial charge in [0, 0.05) is 13.1 Å². The van der Waals surface area contributed by atoms with Crippen LogP contribution in [-0.2, 0) is 4.79 Å². The average molecular weight is 301 g/mol. The van der Waals surface area contributed by atoms with E-state index in [0.29, 0.717) is 19.0 Å². The van der Waals surface area contributed by atoms with Gasteiger partial charge in [0.05, 0.1) is 0 Å². The highest BCUT2D eigenvalue weighted by Crippen LogP contribution is 2.25. The fourth-order valence-electron chi connectivity index (χ4n) is 1.69. The Kier molecular flexibility index (Phi) is 8.26. The number of hydrogen-bond acceptors (Lipinski definition) is 3. The van der Waals surface area contributed by atoms with Crippen molar-refractivity contribution in [1.29, 1.82) is 0 Å². The summed E-state index contributed by atoms with van der Waals surface area (Å²) in [6.07, 6.45) is -0.521. The second-order valence-electron chi connectivity index (χ2n) is 5.02. The minimum atomic E-state index is -0.521. The van der Waals surface area contributed by atoms with E-state index in [-0.39, 0.29) is 18.3 Å². The van der Waals surface area contributed by atoms with Crippen molar-refractivity contribution in [1.82, 2.24) is 5.32 Å². The van der Waals surface area contributed by atoms with Crippen molar-refractivity contribution in [3.05, 3.63) is 29.3 Å². The van der Waals surface area contributed by atoms with Crippen LogP contribution in [0.1, 0.15) is 37.8 Å². The van der Waals surface area contributed by atoms with E-state index in [1.807, 2.05) is 19.1 Å². The third-order valence-corrected chi connectivity index (χ3v) is 3.00. The number of ether oxygens (including phenoxy) is 1. The van der Waals surface area contributed by atoms with Crippen molar-refractivity contribution in [2.24, 2.45) is 5.73 Å². The van der Waals surface area contributed by atoms with E-state index in [1.165, 1.54) is 5.56 Å². The standard InChI is InChI=1S/C15H24N2O2.ClH/c1-10(2)13-6-5-11(3)14(9-13)19-12(4)15(18)17-8-7-16;/h5-6,9-10,12H,7-8,16H2,1-4H3,(H,17,18);1H. The lowest BCUT2D eigenvalue weighted by Crippen LogP contribution is -2.38. The van der Waals surface area contributed by atoms with Crippen LogP contribution in [0.25, 0.3) is 0 Å². The predicted molar refractivity (Wildman–Crippen MR) is 84.7 cm³/mol. The first kappa shape index (κ1) is 18.7. The SMILES string of the molecule is Cc1ccc(C(C)C)cc1OC(C)C(=O)NCCN.Cl. The van der Waals surface area contributed by atoms with Crippen LogP contribution in [0.3, 0.4) is 0 Å². The Morgan fingerprint density at radius 1 is 1.35 bits per heavy atom. The van der Waals surface area contributed by atoms with Crippen LogP contribution in [0, 0.1) is 6.92 Å². The molecule has 1 amide bonds. The van der Waals surface area contributed by atoms with Gasteiger partial charge in [-0.2, -0.15) is 0 Å². The zero-order chi connectivity index (χ0) is 14.4. The Hall–Kier alpha value is -1.26. The monoisotopic (exact) mass is 300 g/mol.